The molecule has 1 N–H and O–H groups in total. The largest absolute Gasteiger partial charge is 0.396 e. The van der Waals surface area contributed by atoms with Crippen molar-refractivity contribution >= 4 is 10.2 Å². The Balaban J connectivity index is 2.04. The van der Waals surface area contributed by atoms with Gasteiger partial charge in [-0.1, -0.05) is 12.8 Å². The summed E-state index contributed by atoms with van der Waals surface area (Å²) in [6.45, 7) is 3.19. The van der Waals surface area contributed by atoms with E-state index in [-0.39, 0.29) is 12.6 Å². The third-order valence-electron chi connectivity index (χ3n) is 4.42. The average Bonchev–Trinajstić information content (AvgIpc) is 2.70. The maximum atomic E-state index is 12.7. The van der Waals surface area contributed by atoms with Crippen LogP contribution in [0.3, 0.4) is 0 Å². The van der Waals surface area contributed by atoms with Crippen molar-refractivity contribution < 1.29 is 13.5 Å². The first-order valence-electron chi connectivity index (χ1n) is 7.62. The fraction of sp³-hybridized carbons (Fsp3) is 1.00. The van der Waals surface area contributed by atoms with Gasteiger partial charge in [0.1, 0.15) is 0 Å². The number of likely N-dealkylation sites (N-methyl/N-ethyl adjacent to an activating group) is 1. The Labute approximate surface area is 122 Å². The quantitative estimate of drug-likeness (QED) is 0.800. The van der Waals surface area contributed by atoms with E-state index in [2.05, 4.69) is 4.90 Å². The number of hydrogen-bond donors (Lipinski definition) is 1. The van der Waals surface area contributed by atoms with Crippen LogP contribution in [0.15, 0.2) is 0 Å². The molecule has 0 spiro atoms. The molecule has 0 radical (unpaired) electrons. The molecule has 0 aromatic heterocycles. The molecule has 20 heavy (non-hydrogen) atoms. The SMILES string of the molecule is CN1CCN(S(=O)(=O)N2CCCCCC2)CC1CCO. The molecule has 2 heterocycles. The summed E-state index contributed by atoms with van der Waals surface area (Å²) in [5, 5.41) is 9.11. The first-order chi connectivity index (χ1) is 9.55. The Morgan fingerprint density at radius 2 is 1.65 bits per heavy atom. The van der Waals surface area contributed by atoms with Gasteiger partial charge < -0.3 is 10.0 Å². The number of aliphatic hydroxyl groups is 1. The van der Waals surface area contributed by atoms with Crippen molar-refractivity contribution in [3.8, 4) is 0 Å². The highest BCUT2D eigenvalue weighted by molar-refractivity contribution is 7.86. The first-order valence-corrected chi connectivity index (χ1v) is 9.01. The lowest BCUT2D eigenvalue weighted by atomic mass is 10.1. The maximum absolute atomic E-state index is 12.7. The van der Waals surface area contributed by atoms with E-state index in [1.807, 2.05) is 7.05 Å². The van der Waals surface area contributed by atoms with E-state index in [0.29, 0.717) is 32.6 Å². The Hall–Kier alpha value is -0.210. The maximum Gasteiger partial charge on any atom is 0.282 e. The average molecular weight is 305 g/mol. The molecule has 118 valence electrons. The van der Waals surface area contributed by atoms with Crippen molar-refractivity contribution in [2.75, 3.05) is 46.4 Å². The van der Waals surface area contributed by atoms with Gasteiger partial charge >= 0.3 is 0 Å². The van der Waals surface area contributed by atoms with Crippen LogP contribution < -0.4 is 0 Å². The second kappa shape index (κ2) is 7.17. The van der Waals surface area contributed by atoms with E-state index in [9.17, 15) is 8.42 Å². The summed E-state index contributed by atoms with van der Waals surface area (Å²) in [6, 6.07) is 0.121. The number of nitrogens with zero attached hydrogens (tertiary/aromatic N) is 3. The van der Waals surface area contributed by atoms with Gasteiger partial charge in [-0.3, -0.25) is 0 Å². The highest BCUT2D eigenvalue weighted by Gasteiger charge is 2.35. The molecule has 2 aliphatic heterocycles. The lowest BCUT2D eigenvalue weighted by molar-refractivity contribution is 0.116. The molecule has 1 unspecified atom stereocenters. The van der Waals surface area contributed by atoms with Crippen molar-refractivity contribution in [2.24, 2.45) is 0 Å². The van der Waals surface area contributed by atoms with E-state index < -0.39 is 10.2 Å². The van der Waals surface area contributed by atoms with Crippen LogP contribution in [0.1, 0.15) is 32.1 Å². The molecule has 0 aromatic carbocycles. The van der Waals surface area contributed by atoms with E-state index in [1.165, 1.54) is 0 Å². The highest BCUT2D eigenvalue weighted by Crippen LogP contribution is 2.20. The summed E-state index contributed by atoms with van der Waals surface area (Å²) in [6.07, 6.45) is 4.81. The summed E-state index contributed by atoms with van der Waals surface area (Å²) >= 11 is 0. The summed E-state index contributed by atoms with van der Waals surface area (Å²) in [5.74, 6) is 0. The normalized spacial score (nSPS) is 28.4. The van der Waals surface area contributed by atoms with E-state index in [1.54, 1.807) is 8.61 Å². The van der Waals surface area contributed by atoms with Gasteiger partial charge in [-0.15, -0.1) is 0 Å². The van der Waals surface area contributed by atoms with Gasteiger partial charge in [0.25, 0.3) is 10.2 Å². The molecule has 0 aromatic rings. The second-order valence-electron chi connectivity index (χ2n) is 5.83. The number of hydrogen-bond acceptors (Lipinski definition) is 4. The van der Waals surface area contributed by atoms with Gasteiger partial charge in [-0.2, -0.15) is 17.0 Å². The molecule has 6 nitrogen and oxygen atoms in total. The summed E-state index contributed by atoms with van der Waals surface area (Å²) in [4.78, 5) is 2.14. The second-order valence-corrected chi connectivity index (χ2v) is 7.75. The van der Waals surface area contributed by atoms with Crippen molar-refractivity contribution in [1.82, 2.24) is 13.5 Å². The van der Waals surface area contributed by atoms with Crippen LogP contribution in [0, 0.1) is 0 Å². The molecular formula is C13H27N3O3S. The third kappa shape index (κ3) is 3.71. The van der Waals surface area contributed by atoms with Crippen LogP contribution >= 0.6 is 0 Å². The zero-order chi connectivity index (χ0) is 14.6. The Morgan fingerprint density at radius 1 is 1.00 bits per heavy atom. The number of aliphatic hydroxyl groups excluding tert-OH is 1. The third-order valence-corrected chi connectivity index (χ3v) is 6.42. The standard InChI is InChI=1S/C13H27N3O3S/c1-14-9-10-16(12-13(14)6-11-17)20(18,19)15-7-4-2-3-5-8-15/h13,17H,2-12H2,1H3. The molecule has 2 saturated heterocycles. The Morgan fingerprint density at radius 3 is 2.25 bits per heavy atom. The topological polar surface area (TPSA) is 64.1 Å². The monoisotopic (exact) mass is 305 g/mol. The molecule has 0 amide bonds. The zero-order valence-electron chi connectivity index (χ0n) is 12.4. The molecule has 0 bridgehead atoms. The van der Waals surface area contributed by atoms with Gasteiger partial charge in [0.05, 0.1) is 0 Å². The Bertz CT molecular complexity index is 394. The number of piperazine rings is 1. The van der Waals surface area contributed by atoms with Gasteiger partial charge in [-0.05, 0) is 26.3 Å². The van der Waals surface area contributed by atoms with E-state index in [0.717, 1.165) is 32.2 Å². The lowest BCUT2D eigenvalue weighted by Gasteiger charge is -2.40. The molecule has 1 atom stereocenters. The highest BCUT2D eigenvalue weighted by atomic mass is 32.2. The molecule has 7 heteroatoms. The molecule has 2 aliphatic rings. The Kier molecular flexibility index (Phi) is 5.80. The fourth-order valence-electron chi connectivity index (χ4n) is 3.02. The predicted octanol–water partition coefficient (Wildman–Crippen LogP) is 0.106. The molecule has 2 fully saturated rings. The van der Waals surface area contributed by atoms with Crippen molar-refractivity contribution in [2.45, 2.75) is 38.1 Å². The minimum Gasteiger partial charge on any atom is -0.396 e. The van der Waals surface area contributed by atoms with E-state index >= 15 is 0 Å². The molecular weight excluding hydrogens is 278 g/mol. The van der Waals surface area contributed by atoms with Gasteiger partial charge in [0.15, 0.2) is 0 Å². The van der Waals surface area contributed by atoms with Crippen LogP contribution in [-0.2, 0) is 10.2 Å². The fourth-order valence-corrected chi connectivity index (χ4v) is 4.74. The van der Waals surface area contributed by atoms with Crippen LogP contribution in [0.25, 0.3) is 0 Å². The first kappa shape index (κ1) is 16.2. The summed E-state index contributed by atoms with van der Waals surface area (Å²) in [7, 11) is -1.33. The predicted molar refractivity (Wildman–Crippen MR) is 78.7 cm³/mol. The van der Waals surface area contributed by atoms with Crippen LogP contribution in [-0.4, -0.2) is 79.5 Å². The zero-order valence-corrected chi connectivity index (χ0v) is 13.2. The van der Waals surface area contributed by atoms with Crippen molar-refractivity contribution in [1.29, 1.82) is 0 Å². The van der Waals surface area contributed by atoms with Gasteiger partial charge in [0, 0.05) is 45.4 Å². The minimum atomic E-state index is -3.32. The van der Waals surface area contributed by atoms with E-state index in [4.69, 9.17) is 5.11 Å². The van der Waals surface area contributed by atoms with Gasteiger partial charge in [-0.25, -0.2) is 0 Å². The number of rotatable bonds is 4. The van der Waals surface area contributed by atoms with Gasteiger partial charge in [0.2, 0.25) is 0 Å². The summed E-state index contributed by atoms with van der Waals surface area (Å²) in [5.41, 5.74) is 0. The molecule has 0 aliphatic carbocycles. The molecule has 0 saturated carbocycles. The van der Waals surface area contributed by atoms with Crippen molar-refractivity contribution in [3.05, 3.63) is 0 Å². The minimum absolute atomic E-state index is 0.104. The molecule has 2 rings (SSSR count). The van der Waals surface area contributed by atoms with Crippen molar-refractivity contribution in [3.63, 3.8) is 0 Å². The van der Waals surface area contributed by atoms with Crippen LogP contribution in [0.5, 0.6) is 0 Å². The van der Waals surface area contributed by atoms with Crippen LogP contribution in [0.4, 0.5) is 0 Å². The lowest BCUT2D eigenvalue weighted by Crippen LogP contribution is -2.56. The summed E-state index contributed by atoms with van der Waals surface area (Å²) < 4.78 is 28.7. The smallest absolute Gasteiger partial charge is 0.282 e. The van der Waals surface area contributed by atoms with Crippen LogP contribution in [0.2, 0.25) is 0 Å².